The summed E-state index contributed by atoms with van der Waals surface area (Å²) in [4.78, 5) is 16.6. The molecule has 0 aliphatic heterocycles. The third-order valence-electron chi connectivity index (χ3n) is 7.96. The Morgan fingerprint density at radius 1 is 1.15 bits per heavy atom. The van der Waals surface area contributed by atoms with Crippen LogP contribution in [0.4, 0.5) is 4.39 Å². The number of ether oxygens (including phenoxy) is 3. The van der Waals surface area contributed by atoms with E-state index in [1.54, 1.807) is 13.0 Å². The van der Waals surface area contributed by atoms with Crippen LogP contribution in [0.15, 0.2) is 48.5 Å². The van der Waals surface area contributed by atoms with Crippen molar-refractivity contribution in [1.82, 2.24) is 14.8 Å². The fourth-order valence-corrected chi connectivity index (χ4v) is 6.65. The van der Waals surface area contributed by atoms with Crippen molar-refractivity contribution in [1.29, 1.82) is 0 Å². The number of rotatable bonds is 15. The molecule has 46 heavy (non-hydrogen) atoms. The molecular formula is C35H38BrClFN3O5. The van der Waals surface area contributed by atoms with Crippen LogP contribution in [-0.4, -0.2) is 57.1 Å². The van der Waals surface area contributed by atoms with Gasteiger partial charge in [-0.3, -0.25) is 4.68 Å². The molecule has 5 rings (SSSR count). The molecule has 0 saturated heterocycles. The highest BCUT2D eigenvalue weighted by Gasteiger charge is 2.26. The second-order valence-electron chi connectivity index (χ2n) is 11.0. The standard InChI is InChI=1S/C35H38BrClFN3O5/c1-4-29-32(28(40-41(29)3)20-44-19-23(42)15-16-36)31-27(37)14-13-26-25(34(39-33(26)31)35(43)45-5-2)9-7-17-46-30-10-6-8-21-18-22(38)11-12-24(21)30/h6,8,10-14,18,23,39,42H,4-5,7,9,15-17,19-20H2,1-3H3. The summed E-state index contributed by atoms with van der Waals surface area (Å²) in [6, 6.07) is 14.0. The summed E-state index contributed by atoms with van der Waals surface area (Å²) < 4.78 is 33.0. The van der Waals surface area contributed by atoms with Gasteiger partial charge >= 0.3 is 5.97 Å². The summed E-state index contributed by atoms with van der Waals surface area (Å²) in [7, 11) is 1.89. The lowest BCUT2D eigenvalue weighted by Gasteiger charge is -2.12. The van der Waals surface area contributed by atoms with Crippen molar-refractivity contribution in [3.63, 3.8) is 0 Å². The maximum Gasteiger partial charge on any atom is 0.355 e. The number of hydrogen-bond donors (Lipinski definition) is 2. The van der Waals surface area contributed by atoms with Gasteiger partial charge in [0.05, 0.1) is 48.8 Å². The molecule has 5 aromatic rings. The molecule has 8 nitrogen and oxygen atoms in total. The second kappa shape index (κ2) is 15.4. The number of nitrogens with one attached hydrogen (secondary N) is 1. The zero-order valence-electron chi connectivity index (χ0n) is 26.2. The summed E-state index contributed by atoms with van der Waals surface area (Å²) in [5.41, 5.74) is 5.13. The fraction of sp³-hybridized carbons (Fsp3) is 0.371. The quantitative estimate of drug-likeness (QED) is 0.0650. The Balaban J connectivity index is 1.48. The molecule has 11 heteroatoms. The number of fused-ring (bicyclic) bond motifs is 2. The van der Waals surface area contributed by atoms with E-state index in [2.05, 4.69) is 27.8 Å². The van der Waals surface area contributed by atoms with Crippen LogP contribution in [0.1, 0.15) is 54.1 Å². The number of carbonyl (C=O) groups is 1. The molecule has 1 atom stereocenters. The fourth-order valence-electron chi connectivity index (χ4n) is 5.87. The number of aliphatic hydroxyl groups excluding tert-OH is 1. The molecule has 0 bridgehead atoms. The van der Waals surface area contributed by atoms with Gasteiger partial charge in [0, 0.05) is 40.0 Å². The number of carbonyl (C=O) groups excluding carboxylic acids is 1. The predicted molar refractivity (Wildman–Crippen MR) is 183 cm³/mol. The molecule has 0 aliphatic rings. The first-order chi connectivity index (χ1) is 22.3. The van der Waals surface area contributed by atoms with Crippen LogP contribution in [0.25, 0.3) is 32.8 Å². The van der Waals surface area contributed by atoms with E-state index in [-0.39, 0.29) is 25.6 Å². The first kappa shape index (κ1) is 33.9. The van der Waals surface area contributed by atoms with E-state index in [0.29, 0.717) is 65.3 Å². The average molecular weight is 715 g/mol. The summed E-state index contributed by atoms with van der Waals surface area (Å²) >= 11 is 10.3. The third kappa shape index (κ3) is 7.25. The number of aromatic amines is 1. The Hall–Kier alpha value is -3.44. The van der Waals surface area contributed by atoms with Gasteiger partial charge in [0.25, 0.3) is 0 Å². The minimum absolute atomic E-state index is 0.179. The Morgan fingerprint density at radius 2 is 1.96 bits per heavy atom. The van der Waals surface area contributed by atoms with Gasteiger partial charge < -0.3 is 24.3 Å². The average Bonchev–Trinajstić information content (AvgIpc) is 3.55. The van der Waals surface area contributed by atoms with Gasteiger partial charge in [-0.1, -0.05) is 52.7 Å². The minimum atomic E-state index is -0.588. The number of hydrogen-bond acceptors (Lipinski definition) is 6. The summed E-state index contributed by atoms with van der Waals surface area (Å²) in [5, 5.41) is 18.6. The topological polar surface area (TPSA) is 98.6 Å². The van der Waals surface area contributed by atoms with E-state index >= 15 is 0 Å². The first-order valence-electron chi connectivity index (χ1n) is 15.4. The largest absolute Gasteiger partial charge is 0.493 e. The zero-order valence-corrected chi connectivity index (χ0v) is 28.5. The van der Waals surface area contributed by atoms with Gasteiger partial charge in [-0.2, -0.15) is 5.10 Å². The van der Waals surface area contributed by atoms with Crippen molar-refractivity contribution in [3.8, 4) is 16.9 Å². The van der Waals surface area contributed by atoms with Gasteiger partial charge in [-0.25, -0.2) is 9.18 Å². The molecule has 0 aliphatic carbocycles. The molecule has 0 amide bonds. The Kier molecular flexibility index (Phi) is 11.4. The monoisotopic (exact) mass is 713 g/mol. The van der Waals surface area contributed by atoms with E-state index in [0.717, 1.165) is 38.5 Å². The third-order valence-corrected chi connectivity index (χ3v) is 8.73. The number of aromatic nitrogens is 3. The van der Waals surface area contributed by atoms with Gasteiger partial charge in [0.1, 0.15) is 17.3 Å². The van der Waals surface area contributed by atoms with E-state index in [4.69, 9.17) is 30.9 Å². The number of nitrogens with zero attached hydrogens (tertiary/aromatic N) is 2. The summed E-state index contributed by atoms with van der Waals surface area (Å²) in [5.74, 6) is -0.0655. The molecule has 3 aromatic carbocycles. The molecule has 0 saturated carbocycles. The maximum atomic E-state index is 13.7. The molecule has 2 aromatic heterocycles. The highest BCUT2D eigenvalue weighted by atomic mass is 79.9. The number of aryl methyl sites for hydroxylation is 2. The molecule has 244 valence electrons. The predicted octanol–water partition coefficient (Wildman–Crippen LogP) is 7.93. The van der Waals surface area contributed by atoms with Crippen molar-refractivity contribution in [2.45, 2.75) is 52.2 Å². The molecule has 2 heterocycles. The SMILES string of the molecule is CCOC(=O)c1[nH]c2c(-c3c(COCC(O)CCBr)nn(C)c3CC)c(Cl)ccc2c1CCCOc1cccc2cc(F)ccc12. The first-order valence-corrected chi connectivity index (χ1v) is 16.9. The van der Waals surface area contributed by atoms with Crippen molar-refractivity contribution in [2.75, 3.05) is 25.2 Å². The number of H-pyrrole nitrogens is 1. The van der Waals surface area contributed by atoms with Crippen LogP contribution in [0.5, 0.6) is 5.75 Å². The molecule has 2 N–H and O–H groups in total. The number of alkyl halides is 1. The number of aliphatic hydroxyl groups is 1. The van der Waals surface area contributed by atoms with Gasteiger partial charge in [0.15, 0.2) is 0 Å². The van der Waals surface area contributed by atoms with Crippen molar-refractivity contribution < 1.29 is 28.5 Å². The molecule has 1 unspecified atom stereocenters. The normalized spacial score (nSPS) is 12.2. The molecule has 0 spiro atoms. The van der Waals surface area contributed by atoms with E-state index in [1.165, 1.54) is 12.1 Å². The Labute approximate surface area is 280 Å². The number of esters is 1. The van der Waals surface area contributed by atoms with Crippen LogP contribution >= 0.6 is 27.5 Å². The summed E-state index contributed by atoms with van der Waals surface area (Å²) in [6.45, 7) is 4.81. The van der Waals surface area contributed by atoms with Crippen molar-refractivity contribution >= 4 is 55.2 Å². The second-order valence-corrected chi connectivity index (χ2v) is 12.2. The highest BCUT2D eigenvalue weighted by Crippen LogP contribution is 2.41. The van der Waals surface area contributed by atoms with E-state index in [1.807, 2.05) is 42.1 Å². The highest BCUT2D eigenvalue weighted by molar-refractivity contribution is 9.09. The lowest BCUT2D eigenvalue weighted by molar-refractivity contribution is 0.0264. The smallest absolute Gasteiger partial charge is 0.355 e. The van der Waals surface area contributed by atoms with Crippen molar-refractivity contribution in [2.24, 2.45) is 7.05 Å². The zero-order chi connectivity index (χ0) is 32.8. The Morgan fingerprint density at radius 3 is 2.72 bits per heavy atom. The minimum Gasteiger partial charge on any atom is -0.493 e. The van der Waals surface area contributed by atoms with Gasteiger partial charge in [0.2, 0.25) is 0 Å². The number of benzene rings is 3. The number of halogens is 3. The van der Waals surface area contributed by atoms with Gasteiger partial charge in [-0.15, -0.1) is 0 Å². The van der Waals surface area contributed by atoms with Crippen LogP contribution in [0.3, 0.4) is 0 Å². The van der Waals surface area contributed by atoms with Crippen molar-refractivity contribution in [3.05, 3.63) is 82.0 Å². The van der Waals surface area contributed by atoms with Gasteiger partial charge in [-0.05, 0) is 73.9 Å². The summed E-state index contributed by atoms with van der Waals surface area (Å²) in [6.07, 6.45) is 1.82. The van der Waals surface area contributed by atoms with E-state index < -0.39 is 12.1 Å². The molecule has 0 radical (unpaired) electrons. The Bertz CT molecular complexity index is 1840. The van der Waals surface area contributed by atoms with Crippen LogP contribution in [0.2, 0.25) is 5.02 Å². The lowest BCUT2D eigenvalue weighted by atomic mass is 9.97. The molecular weight excluding hydrogens is 677 g/mol. The van der Waals surface area contributed by atoms with E-state index in [9.17, 15) is 14.3 Å². The van der Waals surface area contributed by atoms with Crippen LogP contribution in [0, 0.1) is 5.82 Å². The lowest BCUT2D eigenvalue weighted by Crippen LogP contribution is -2.15. The maximum absolute atomic E-state index is 13.7. The van der Waals surface area contributed by atoms with Crippen LogP contribution < -0.4 is 4.74 Å². The molecule has 0 fully saturated rings. The van der Waals surface area contributed by atoms with Crippen LogP contribution in [-0.2, 0) is 36.0 Å².